The summed E-state index contributed by atoms with van der Waals surface area (Å²) in [4.78, 5) is 16.4. The fourth-order valence-electron chi connectivity index (χ4n) is 4.23. The van der Waals surface area contributed by atoms with Crippen molar-refractivity contribution in [3.05, 3.63) is 60.2 Å². The average Bonchev–Trinajstić information content (AvgIpc) is 2.77. The van der Waals surface area contributed by atoms with Gasteiger partial charge in [-0.15, -0.1) is 0 Å². The molecule has 0 N–H and O–H groups in total. The molecule has 0 unspecified atom stereocenters. The quantitative estimate of drug-likeness (QED) is 0.746. The molecule has 5 nitrogen and oxygen atoms in total. The monoisotopic (exact) mass is 394 g/mol. The van der Waals surface area contributed by atoms with Crippen molar-refractivity contribution in [2.45, 2.75) is 38.4 Å². The van der Waals surface area contributed by atoms with E-state index in [9.17, 15) is 4.79 Å². The second kappa shape index (κ2) is 8.87. The maximum atomic E-state index is 12.1. The molecule has 0 bridgehead atoms. The van der Waals surface area contributed by atoms with E-state index in [4.69, 9.17) is 9.47 Å². The molecular formula is C24H30N2O3. The van der Waals surface area contributed by atoms with E-state index < -0.39 is 0 Å². The van der Waals surface area contributed by atoms with Crippen LogP contribution in [-0.4, -0.2) is 49.2 Å². The van der Waals surface area contributed by atoms with E-state index in [1.165, 1.54) is 11.3 Å². The van der Waals surface area contributed by atoms with Crippen LogP contribution in [0.2, 0.25) is 0 Å². The van der Waals surface area contributed by atoms with Crippen LogP contribution in [0.3, 0.4) is 0 Å². The number of ether oxygens (including phenoxy) is 2. The molecule has 1 spiro atoms. The molecule has 0 radical (unpaired) electrons. The minimum absolute atomic E-state index is 0.131. The molecule has 29 heavy (non-hydrogen) atoms. The standard InChI is InChI=1S/C24H30N2O3/c1-2-14-26-19-24(29-18-23(26)27)12-15-25(16-13-24)21-8-10-22(11-9-21)28-17-20-6-4-3-5-7-20/h3-11H,2,12-19H2,1H3. The number of rotatable bonds is 6. The molecule has 1 amide bonds. The van der Waals surface area contributed by atoms with Crippen molar-refractivity contribution in [2.75, 3.05) is 37.7 Å². The number of amides is 1. The summed E-state index contributed by atoms with van der Waals surface area (Å²) in [7, 11) is 0. The molecule has 2 aromatic carbocycles. The van der Waals surface area contributed by atoms with Gasteiger partial charge in [-0.1, -0.05) is 37.3 Å². The number of carbonyl (C=O) groups excluding carboxylic acids is 1. The average molecular weight is 395 g/mol. The first-order chi connectivity index (χ1) is 14.2. The summed E-state index contributed by atoms with van der Waals surface area (Å²) in [5, 5.41) is 0. The van der Waals surface area contributed by atoms with Crippen LogP contribution in [0.5, 0.6) is 5.75 Å². The van der Waals surface area contributed by atoms with Crippen molar-refractivity contribution in [1.82, 2.24) is 4.90 Å². The Labute approximate surface area is 173 Å². The van der Waals surface area contributed by atoms with Crippen LogP contribution in [0.25, 0.3) is 0 Å². The molecule has 2 aliphatic rings. The lowest BCUT2D eigenvalue weighted by molar-refractivity contribution is -0.167. The molecule has 2 heterocycles. The number of carbonyl (C=O) groups is 1. The van der Waals surface area contributed by atoms with Gasteiger partial charge in [0.15, 0.2) is 0 Å². The third kappa shape index (κ3) is 4.73. The predicted molar refractivity (Wildman–Crippen MR) is 114 cm³/mol. The van der Waals surface area contributed by atoms with Crippen LogP contribution in [0, 0.1) is 0 Å². The van der Waals surface area contributed by atoms with Gasteiger partial charge in [-0.25, -0.2) is 0 Å². The van der Waals surface area contributed by atoms with E-state index in [0.717, 1.165) is 51.2 Å². The molecule has 154 valence electrons. The first-order valence-electron chi connectivity index (χ1n) is 10.6. The van der Waals surface area contributed by atoms with E-state index in [1.54, 1.807) is 0 Å². The lowest BCUT2D eigenvalue weighted by Crippen LogP contribution is -2.58. The van der Waals surface area contributed by atoms with Gasteiger partial charge in [-0.05, 0) is 49.1 Å². The molecular weight excluding hydrogens is 364 g/mol. The van der Waals surface area contributed by atoms with E-state index in [1.807, 2.05) is 35.2 Å². The molecule has 4 rings (SSSR count). The lowest BCUT2D eigenvalue weighted by Gasteiger charge is -2.47. The second-order valence-corrected chi connectivity index (χ2v) is 8.04. The number of hydrogen-bond donors (Lipinski definition) is 0. The van der Waals surface area contributed by atoms with Gasteiger partial charge in [0.2, 0.25) is 5.91 Å². The minimum atomic E-state index is -0.168. The largest absolute Gasteiger partial charge is 0.489 e. The van der Waals surface area contributed by atoms with Gasteiger partial charge in [-0.3, -0.25) is 4.79 Å². The topological polar surface area (TPSA) is 42.0 Å². The maximum Gasteiger partial charge on any atom is 0.248 e. The van der Waals surface area contributed by atoms with Gasteiger partial charge < -0.3 is 19.3 Å². The molecule has 2 aliphatic heterocycles. The normalized spacial score (nSPS) is 18.9. The molecule has 0 saturated carbocycles. The zero-order chi connectivity index (χ0) is 20.1. The number of anilines is 1. The molecule has 2 fully saturated rings. The summed E-state index contributed by atoms with van der Waals surface area (Å²) in [6.45, 7) is 6.38. The van der Waals surface area contributed by atoms with Crippen LogP contribution in [-0.2, 0) is 16.1 Å². The molecule has 0 aromatic heterocycles. The predicted octanol–water partition coefficient (Wildman–Crippen LogP) is 3.87. The first-order valence-corrected chi connectivity index (χ1v) is 10.6. The van der Waals surface area contributed by atoms with Crippen LogP contribution < -0.4 is 9.64 Å². The summed E-state index contributed by atoms with van der Waals surface area (Å²) in [5.41, 5.74) is 2.21. The van der Waals surface area contributed by atoms with Crippen LogP contribution in [0.1, 0.15) is 31.7 Å². The van der Waals surface area contributed by atoms with Crippen molar-refractivity contribution < 1.29 is 14.3 Å². The highest BCUT2D eigenvalue weighted by Crippen LogP contribution is 2.33. The summed E-state index contributed by atoms with van der Waals surface area (Å²) in [6, 6.07) is 18.6. The Morgan fingerprint density at radius 1 is 1.03 bits per heavy atom. The van der Waals surface area contributed by atoms with Crippen molar-refractivity contribution in [3.8, 4) is 5.75 Å². The zero-order valence-corrected chi connectivity index (χ0v) is 17.2. The van der Waals surface area contributed by atoms with Gasteiger partial charge in [0.05, 0.1) is 5.60 Å². The number of benzene rings is 2. The Kier molecular flexibility index (Phi) is 6.05. The Bertz CT molecular complexity index is 799. The number of hydrogen-bond acceptors (Lipinski definition) is 4. The van der Waals surface area contributed by atoms with E-state index in [2.05, 4.69) is 36.1 Å². The van der Waals surface area contributed by atoms with Gasteiger partial charge >= 0.3 is 0 Å². The molecule has 0 aliphatic carbocycles. The van der Waals surface area contributed by atoms with Gasteiger partial charge in [0, 0.05) is 31.9 Å². The second-order valence-electron chi connectivity index (χ2n) is 8.04. The molecule has 0 atom stereocenters. The molecule has 2 saturated heterocycles. The summed E-state index contributed by atoms with van der Waals surface area (Å²) in [5.74, 6) is 1.02. The number of nitrogens with zero attached hydrogens (tertiary/aromatic N) is 2. The van der Waals surface area contributed by atoms with Crippen LogP contribution in [0.15, 0.2) is 54.6 Å². The van der Waals surface area contributed by atoms with Crippen molar-refractivity contribution in [2.24, 2.45) is 0 Å². The highest BCUT2D eigenvalue weighted by molar-refractivity contribution is 5.78. The molecule has 5 heteroatoms. The maximum absolute atomic E-state index is 12.1. The highest BCUT2D eigenvalue weighted by Gasteiger charge is 2.42. The Morgan fingerprint density at radius 2 is 1.76 bits per heavy atom. The van der Waals surface area contributed by atoms with E-state index >= 15 is 0 Å². The summed E-state index contributed by atoms with van der Waals surface area (Å²) >= 11 is 0. The third-order valence-electron chi connectivity index (χ3n) is 5.95. The SMILES string of the molecule is CCCN1CC2(CCN(c3ccc(OCc4ccccc4)cc3)CC2)OCC1=O. The van der Waals surface area contributed by atoms with Crippen molar-refractivity contribution >= 4 is 11.6 Å². The summed E-state index contributed by atoms with van der Waals surface area (Å²) in [6.07, 6.45) is 2.89. The van der Waals surface area contributed by atoms with Gasteiger partial charge in [-0.2, -0.15) is 0 Å². The first kappa shape index (κ1) is 19.8. The smallest absolute Gasteiger partial charge is 0.248 e. The lowest BCUT2D eigenvalue weighted by atomic mass is 9.89. The minimum Gasteiger partial charge on any atom is -0.489 e. The third-order valence-corrected chi connectivity index (χ3v) is 5.95. The fraction of sp³-hybridized carbons (Fsp3) is 0.458. The highest BCUT2D eigenvalue weighted by atomic mass is 16.5. The fourth-order valence-corrected chi connectivity index (χ4v) is 4.23. The Morgan fingerprint density at radius 3 is 2.45 bits per heavy atom. The van der Waals surface area contributed by atoms with Crippen LogP contribution >= 0.6 is 0 Å². The molecule has 2 aromatic rings. The Hall–Kier alpha value is -2.53. The summed E-state index contributed by atoms with van der Waals surface area (Å²) < 4.78 is 11.9. The number of piperidine rings is 1. The van der Waals surface area contributed by atoms with Crippen molar-refractivity contribution in [3.63, 3.8) is 0 Å². The van der Waals surface area contributed by atoms with Gasteiger partial charge in [0.1, 0.15) is 19.0 Å². The van der Waals surface area contributed by atoms with E-state index in [0.29, 0.717) is 6.61 Å². The van der Waals surface area contributed by atoms with E-state index in [-0.39, 0.29) is 18.1 Å². The van der Waals surface area contributed by atoms with Crippen molar-refractivity contribution in [1.29, 1.82) is 0 Å². The van der Waals surface area contributed by atoms with Gasteiger partial charge in [0.25, 0.3) is 0 Å². The Balaban J connectivity index is 1.31. The van der Waals surface area contributed by atoms with Crippen LogP contribution in [0.4, 0.5) is 5.69 Å². The zero-order valence-electron chi connectivity index (χ0n) is 17.2. The number of morpholine rings is 1.